The molecule has 0 radical (unpaired) electrons. The van der Waals surface area contributed by atoms with Crippen molar-refractivity contribution < 1.29 is 5.11 Å². The normalized spacial score (nSPS) is 10.7. The summed E-state index contributed by atoms with van der Waals surface area (Å²) in [4.78, 5) is 10.3. The van der Waals surface area contributed by atoms with Crippen LogP contribution in [-0.2, 0) is 0 Å². The Balaban J connectivity index is 2.21. The molecule has 90 valence electrons. The molecule has 0 fully saturated rings. The smallest absolute Gasteiger partial charge is 0.116 e. The van der Waals surface area contributed by atoms with Crippen molar-refractivity contribution in [2.75, 3.05) is 0 Å². The number of nitroso groups, excluding NO2 is 1. The number of phenols is 1. The molecule has 0 atom stereocenters. The van der Waals surface area contributed by atoms with E-state index in [1.165, 1.54) is 0 Å². The molecular formula is C15H13NO2. The van der Waals surface area contributed by atoms with Crippen LogP contribution in [0.1, 0.15) is 16.7 Å². The monoisotopic (exact) mass is 239 g/mol. The van der Waals surface area contributed by atoms with E-state index in [9.17, 15) is 10.0 Å². The van der Waals surface area contributed by atoms with Gasteiger partial charge < -0.3 is 5.11 Å². The first-order chi connectivity index (χ1) is 8.67. The molecule has 0 saturated carbocycles. The van der Waals surface area contributed by atoms with Crippen LogP contribution in [0.25, 0.3) is 12.2 Å². The molecule has 18 heavy (non-hydrogen) atoms. The van der Waals surface area contributed by atoms with E-state index in [0.717, 1.165) is 16.7 Å². The predicted molar refractivity (Wildman–Crippen MR) is 73.7 cm³/mol. The maximum atomic E-state index is 10.3. The van der Waals surface area contributed by atoms with Gasteiger partial charge in [-0.25, -0.2) is 0 Å². The zero-order chi connectivity index (χ0) is 13.0. The zero-order valence-corrected chi connectivity index (χ0v) is 10.00. The summed E-state index contributed by atoms with van der Waals surface area (Å²) >= 11 is 0. The maximum Gasteiger partial charge on any atom is 0.116 e. The highest BCUT2D eigenvalue weighted by molar-refractivity contribution is 5.71. The highest BCUT2D eigenvalue weighted by Gasteiger charge is 1.94. The quantitative estimate of drug-likeness (QED) is 0.642. The van der Waals surface area contributed by atoms with Crippen LogP contribution in [-0.4, -0.2) is 5.11 Å². The van der Waals surface area contributed by atoms with Gasteiger partial charge in [-0.3, -0.25) is 0 Å². The minimum absolute atomic E-state index is 0.259. The third kappa shape index (κ3) is 3.04. The Morgan fingerprint density at radius 3 is 2.28 bits per heavy atom. The number of aromatic hydroxyl groups is 1. The lowest BCUT2D eigenvalue weighted by Crippen LogP contribution is -1.77. The number of benzene rings is 2. The van der Waals surface area contributed by atoms with Gasteiger partial charge in [0.15, 0.2) is 0 Å². The summed E-state index contributed by atoms with van der Waals surface area (Å²) in [6.45, 7) is 1.93. The highest BCUT2D eigenvalue weighted by Crippen LogP contribution is 2.18. The first kappa shape index (κ1) is 12.0. The van der Waals surface area contributed by atoms with Crippen molar-refractivity contribution in [2.24, 2.45) is 5.18 Å². The van der Waals surface area contributed by atoms with Crippen LogP contribution < -0.4 is 0 Å². The van der Waals surface area contributed by atoms with Crippen LogP contribution in [0.4, 0.5) is 5.69 Å². The van der Waals surface area contributed by atoms with Crippen LogP contribution >= 0.6 is 0 Å². The summed E-state index contributed by atoms with van der Waals surface area (Å²) in [5.41, 5.74) is 3.34. The van der Waals surface area contributed by atoms with Crippen molar-refractivity contribution >= 4 is 17.8 Å². The van der Waals surface area contributed by atoms with Crippen LogP contribution in [0, 0.1) is 11.8 Å². The third-order valence-electron chi connectivity index (χ3n) is 2.55. The number of nitrogens with zero attached hydrogens (tertiary/aromatic N) is 1. The van der Waals surface area contributed by atoms with Crippen LogP contribution in [0.15, 0.2) is 47.6 Å². The van der Waals surface area contributed by atoms with Crippen LogP contribution in [0.3, 0.4) is 0 Å². The lowest BCUT2D eigenvalue weighted by molar-refractivity contribution is 0.475. The molecule has 2 aromatic rings. The minimum atomic E-state index is 0.259. The van der Waals surface area contributed by atoms with Crippen LogP contribution in [0.2, 0.25) is 0 Å². The van der Waals surface area contributed by atoms with Gasteiger partial charge in [-0.15, -0.1) is 4.91 Å². The van der Waals surface area contributed by atoms with Gasteiger partial charge in [0, 0.05) is 0 Å². The molecule has 1 N–H and O–H groups in total. The third-order valence-corrected chi connectivity index (χ3v) is 2.55. The molecule has 0 aromatic heterocycles. The highest BCUT2D eigenvalue weighted by atomic mass is 16.3. The average molecular weight is 239 g/mol. The second kappa shape index (κ2) is 5.27. The standard InChI is InChI=1S/C15H13NO2/c1-11-8-13(10-15(17)9-11)3-2-12-4-6-14(16-18)7-5-12/h2-10,17H,1H3/b3-2+. The molecular weight excluding hydrogens is 226 g/mol. The number of aryl methyl sites for hydroxylation is 1. The van der Waals surface area contributed by atoms with Crippen molar-refractivity contribution in [3.05, 3.63) is 64.1 Å². The van der Waals surface area contributed by atoms with Gasteiger partial charge in [0.25, 0.3) is 0 Å². The summed E-state index contributed by atoms with van der Waals surface area (Å²) in [5.74, 6) is 0.259. The fourth-order valence-electron chi connectivity index (χ4n) is 1.73. The van der Waals surface area contributed by atoms with E-state index in [1.54, 1.807) is 24.3 Å². The molecule has 3 heteroatoms. The first-order valence-electron chi connectivity index (χ1n) is 5.59. The van der Waals surface area contributed by atoms with Gasteiger partial charge in [-0.05, 0) is 53.1 Å². The average Bonchev–Trinajstić information content (AvgIpc) is 2.36. The topological polar surface area (TPSA) is 49.7 Å². The molecule has 0 aliphatic heterocycles. The predicted octanol–water partition coefficient (Wildman–Crippen LogP) is 4.27. The van der Waals surface area contributed by atoms with E-state index in [1.807, 2.05) is 37.3 Å². The lowest BCUT2D eigenvalue weighted by atomic mass is 10.1. The Bertz CT molecular complexity index is 566. The summed E-state index contributed by atoms with van der Waals surface area (Å²) in [7, 11) is 0. The second-order valence-corrected chi connectivity index (χ2v) is 4.12. The van der Waals surface area contributed by atoms with Gasteiger partial charge in [0.2, 0.25) is 0 Å². The Labute approximate surface area is 105 Å². The van der Waals surface area contributed by atoms with Crippen molar-refractivity contribution in [1.29, 1.82) is 0 Å². The van der Waals surface area contributed by atoms with Crippen molar-refractivity contribution in [2.45, 2.75) is 6.92 Å². The zero-order valence-electron chi connectivity index (χ0n) is 10.00. The first-order valence-corrected chi connectivity index (χ1v) is 5.59. The van der Waals surface area contributed by atoms with E-state index in [0.29, 0.717) is 5.69 Å². The SMILES string of the molecule is Cc1cc(O)cc(/C=C/c2ccc(N=O)cc2)c1. The largest absolute Gasteiger partial charge is 0.508 e. The Morgan fingerprint density at radius 2 is 1.67 bits per heavy atom. The molecule has 0 saturated heterocycles. The molecule has 0 amide bonds. The Kier molecular flexibility index (Phi) is 3.53. The van der Waals surface area contributed by atoms with E-state index >= 15 is 0 Å². The Morgan fingerprint density at radius 1 is 1.00 bits per heavy atom. The Hall–Kier alpha value is -2.42. The second-order valence-electron chi connectivity index (χ2n) is 4.12. The summed E-state index contributed by atoms with van der Waals surface area (Å²) in [6, 6.07) is 12.4. The van der Waals surface area contributed by atoms with Crippen molar-refractivity contribution in [1.82, 2.24) is 0 Å². The van der Waals surface area contributed by atoms with Gasteiger partial charge in [-0.2, -0.15) is 0 Å². The molecule has 3 nitrogen and oxygen atoms in total. The van der Waals surface area contributed by atoms with Crippen LogP contribution in [0.5, 0.6) is 5.75 Å². The summed E-state index contributed by atoms with van der Waals surface area (Å²) in [6.07, 6.45) is 3.83. The van der Waals surface area contributed by atoms with Gasteiger partial charge in [0.05, 0.1) is 0 Å². The number of rotatable bonds is 3. The fraction of sp³-hybridized carbons (Fsp3) is 0.0667. The fourth-order valence-corrected chi connectivity index (χ4v) is 1.73. The molecule has 0 spiro atoms. The van der Waals surface area contributed by atoms with E-state index < -0.39 is 0 Å². The van der Waals surface area contributed by atoms with Gasteiger partial charge >= 0.3 is 0 Å². The summed E-state index contributed by atoms with van der Waals surface area (Å²) in [5, 5.41) is 12.3. The van der Waals surface area contributed by atoms with E-state index in [-0.39, 0.29) is 5.75 Å². The van der Waals surface area contributed by atoms with Gasteiger partial charge in [0.1, 0.15) is 11.4 Å². The van der Waals surface area contributed by atoms with E-state index in [4.69, 9.17) is 0 Å². The molecule has 0 heterocycles. The number of phenolic OH excluding ortho intramolecular Hbond substituents is 1. The lowest BCUT2D eigenvalue weighted by Gasteiger charge is -1.99. The minimum Gasteiger partial charge on any atom is -0.508 e. The van der Waals surface area contributed by atoms with E-state index in [2.05, 4.69) is 5.18 Å². The molecule has 0 bridgehead atoms. The molecule has 2 aromatic carbocycles. The van der Waals surface area contributed by atoms with Crippen molar-refractivity contribution in [3.63, 3.8) is 0 Å². The molecule has 0 aliphatic rings. The molecule has 0 aliphatic carbocycles. The summed E-state index contributed by atoms with van der Waals surface area (Å²) < 4.78 is 0. The molecule has 2 rings (SSSR count). The van der Waals surface area contributed by atoms with Crippen molar-refractivity contribution in [3.8, 4) is 5.75 Å². The van der Waals surface area contributed by atoms with Gasteiger partial charge in [-0.1, -0.05) is 30.4 Å². The number of hydrogen-bond donors (Lipinski definition) is 1. The number of hydrogen-bond acceptors (Lipinski definition) is 3. The molecule has 0 unspecified atom stereocenters. The maximum absolute atomic E-state index is 10.3.